The van der Waals surface area contributed by atoms with Crippen molar-refractivity contribution in [1.29, 1.82) is 0 Å². The highest BCUT2D eigenvalue weighted by atomic mass is 16.2. The van der Waals surface area contributed by atoms with Gasteiger partial charge in [-0.25, -0.2) is 4.98 Å². The zero-order valence-corrected chi connectivity index (χ0v) is 9.98. The maximum atomic E-state index is 11.9. The van der Waals surface area contributed by atoms with Crippen LogP contribution in [0.3, 0.4) is 0 Å². The molecule has 8 nitrogen and oxygen atoms in total. The van der Waals surface area contributed by atoms with Gasteiger partial charge >= 0.3 is 11.8 Å². The van der Waals surface area contributed by atoms with E-state index in [0.29, 0.717) is 18.9 Å². The number of carbonyl (C=O) groups excluding carboxylic acids is 2. The molecule has 0 aliphatic carbocycles. The number of carbonyl (C=O) groups is 2. The molecule has 1 aromatic heterocycles. The van der Waals surface area contributed by atoms with Gasteiger partial charge in [0.2, 0.25) is 0 Å². The molecule has 0 bridgehead atoms. The molecule has 1 fully saturated rings. The van der Waals surface area contributed by atoms with E-state index in [-0.39, 0.29) is 6.54 Å². The van der Waals surface area contributed by atoms with Gasteiger partial charge in [-0.05, 0) is 13.0 Å². The summed E-state index contributed by atoms with van der Waals surface area (Å²) in [6.45, 7) is 2.96. The van der Waals surface area contributed by atoms with E-state index < -0.39 is 11.8 Å². The van der Waals surface area contributed by atoms with Crippen molar-refractivity contribution in [2.24, 2.45) is 0 Å². The van der Waals surface area contributed by atoms with E-state index in [1.807, 2.05) is 0 Å². The molecule has 0 radical (unpaired) electrons. The number of aromatic nitrogens is 3. The summed E-state index contributed by atoms with van der Waals surface area (Å²) in [5.41, 5.74) is 0. The predicted octanol–water partition coefficient (Wildman–Crippen LogP) is -1.76. The highest BCUT2D eigenvalue weighted by Gasteiger charge is 2.22. The van der Waals surface area contributed by atoms with Gasteiger partial charge in [-0.2, -0.15) is 5.10 Å². The second kappa shape index (κ2) is 6.10. The summed E-state index contributed by atoms with van der Waals surface area (Å²) < 4.78 is 0. The van der Waals surface area contributed by atoms with Crippen molar-refractivity contribution in [1.82, 2.24) is 30.7 Å². The van der Waals surface area contributed by atoms with Crippen LogP contribution in [0.2, 0.25) is 0 Å². The van der Waals surface area contributed by atoms with Gasteiger partial charge in [0.25, 0.3) is 0 Å². The fraction of sp³-hybridized carbons (Fsp3) is 0.600. The van der Waals surface area contributed by atoms with Crippen LogP contribution in [0.4, 0.5) is 0 Å². The number of aromatic amines is 1. The molecule has 0 spiro atoms. The van der Waals surface area contributed by atoms with Crippen molar-refractivity contribution >= 4 is 11.8 Å². The first-order valence-corrected chi connectivity index (χ1v) is 5.89. The van der Waals surface area contributed by atoms with Gasteiger partial charge in [-0.1, -0.05) is 0 Å². The summed E-state index contributed by atoms with van der Waals surface area (Å²) in [6, 6.07) is 0. The second-order valence-corrected chi connectivity index (χ2v) is 4.01. The van der Waals surface area contributed by atoms with Crippen LogP contribution in [0.5, 0.6) is 0 Å². The number of H-pyrrole nitrogens is 1. The number of hydrogen-bond acceptors (Lipinski definition) is 5. The average Bonchev–Trinajstić information content (AvgIpc) is 2.75. The number of rotatable bonds is 2. The predicted molar refractivity (Wildman–Crippen MR) is 62.3 cm³/mol. The zero-order chi connectivity index (χ0) is 12.8. The van der Waals surface area contributed by atoms with E-state index in [1.165, 1.54) is 6.33 Å². The Hall–Kier alpha value is -1.96. The molecule has 1 saturated heterocycles. The van der Waals surface area contributed by atoms with E-state index >= 15 is 0 Å². The molecule has 1 aromatic rings. The fourth-order valence-corrected chi connectivity index (χ4v) is 1.75. The molecule has 3 N–H and O–H groups in total. The molecule has 1 aliphatic heterocycles. The third-order valence-electron chi connectivity index (χ3n) is 2.70. The van der Waals surface area contributed by atoms with Crippen LogP contribution in [-0.2, 0) is 16.1 Å². The molecular weight excluding hydrogens is 236 g/mol. The molecule has 18 heavy (non-hydrogen) atoms. The van der Waals surface area contributed by atoms with Crippen molar-refractivity contribution in [3.63, 3.8) is 0 Å². The quantitative estimate of drug-likeness (QED) is 0.541. The molecule has 0 unspecified atom stereocenters. The lowest BCUT2D eigenvalue weighted by Crippen LogP contribution is -2.44. The molecule has 8 heteroatoms. The third-order valence-corrected chi connectivity index (χ3v) is 2.70. The molecule has 0 saturated carbocycles. The number of nitrogens with zero attached hydrogens (tertiary/aromatic N) is 3. The van der Waals surface area contributed by atoms with Gasteiger partial charge in [0.15, 0.2) is 0 Å². The van der Waals surface area contributed by atoms with E-state index in [2.05, 4.69) is 25.8 Å². The van der Waals surface area contributed by atoms with Crippen LogP contribution in [0, 0.1) is 0 Å². The molecule has 2 amide bonds. The normalized spacial score (nSPS) is 16.1. The van der Waals surface area contributed by atoms with E-state index in [0.717, 1.165) is 19.5 Å². The van der Waals surface area contributed by atoms with Crippen molar-refractivity contribution in [2.45, 2.75) is 13.0 Å². The van der Waals surface area contributed by atoms with Crippen LogP contribution in [-0.4, -0.2) is 58.1 Å². The smallest absolute Gasteiger partial charge is 0.311 e. The Kier molecular flexibility index (Phi) is 4.24. The highest BCUT2D eigenvalue weighted by Crippen LogP contribution is 1.96. The third kappa shape index (κ3) is 3.27. The van der Waals surface area contributed by atoms with Crippen molar-refractivity contribution in [3.05, 3.63) is 12.2 Å². The lowest BCUT2D eigenvalue weighted by molar-refractivity contribution is -0.145. The van der Waals surface area contributed by atoms with Gasteiger partial charge in [0.1, 0.15) is 12.2 Å². The Labute approximate surface area is 104 Å². The van der Waals surface area contributed by atoms with Crippen molar-refractivity contribution in [2.75, 3.05) is 26.2 Å². The standard InChI is InChI=1S/C10H16N6O2/c17-9(12-6-8-13-7-14-15-8)10(18)16-4-1-2-11-3-5-16/h7,11H,1-6H2,(H,12,17)(H,13,14,15). The highest BCUT2D eigenvalue weighted by molar-refractivity contribution is 6.34. The molecule has 2 heterocycles. The lowest BCUT2D eigenvalue weighted by atomic mass is 10.3. The summed E-state index contributed by atoms with van der Waals surface area (Å²) in [7, 11) is 0. The molecule has 98 valence electrons. The molecule has 2 rings (SSSR count). The Bertz CT molecular complexity index is 397. The lowest BCUT2D eigenvalue weighted by Gasteiger charge is -2.18. The number of nitrogens with one attached hydrogen (secondary N) is 3. The van der Waals surface area contributed by atoms with Gasteiger partial charge in [0, 0.05) is 19.6 Å². The van der Waals surface area contributed by atoms with E-state index in [4.69, 9.17) is 0 Å². The minimum Gasteiger partial charge on any atom is -0.341 e. The van der Waals surface area contributed by atoms with Crippen LogP contribution >= 0.6 is 0 Å². The Morgan fingerprint density at radius 3 is 3.06 bits per heavy atom. The number of hydrogen-bond donors (Lipinski definition) is 3. The van der Waals surface area contributed by atoms with E-state index in [9.17, 15) is 9.59 Å². The van der Waals surface area contributed by atoms with Crippen LogP contribution in [0.15, 0.2) is 6.33 Å². The minimum atomic E-state index is -0.603. The van der Waals surface area contributed by atoms with Crippen LogP contribution in [0.1, 0.15) is 12.2 Å². The van der Waals surface area contributed by atoms with Crippen molar-refractivity contribution in [3.8, 4) is 0 Å². The summed E-state index contributed by atoms with van der Waals surface area (Å²) >= 11 is 0. The summed E-state index contributed by atoms with van der Waals surface area (Å²) in [5.74, 6) is -0.569. The Balaban J connectivity index is 1.82. The molecular formula is C10H16N6O2. The Morgan fingerprint density at radius 1 is 1.39 bits per heavy atom. The van der Waals surface area contributed by atoms with Crippen LogP contribution in [0.25, 0.3) is 0 Å². The minimum absolute atomic E-state index is 0.177. The first kappa shape index (κ1) is 12.5. The summed E-state index contributed by atoms with van der Waals surface area (Å²) in [5, 5.41) is 12.0. The number of amides is 2. The topological polar surface area (TPSA) is 103 Å². The SMILES string of the molecule is O=C(NCc1ncn[nH]1)C(=O)N1CCCNCC1. The maximum absolute atomic E-state index is 11.9. The maximum Gasteiger partial charge on any atom is 0.311 e. The molecule has 0 aromatic carbocycles. The monoisotopic (exact) mass is 252 g/mol. The van der Waals surface area contributed by atoms with Gasteiger partial charge in [0.05, 0.1) is 6.54 Å². The van der Waals surface area contributed by atoms with Crippen molar-refractivity contribution < 1.29 is 9.59 Å². The van der Waals surface area contributed by atoms with Gasteiger partial charge < -0.3 is 15.5 Å². The van der Waals surface area contributed by atoms with E-state index in [1.54, 1.807) is 4.90 Å². The summed E-state index contributed by atoms with van der Waals surface area (Å²) in [6.07, 6.45) is 2.21. The van der Waals surface area contributed by atoms with Gasteiger partial charge in [-0.3, -0.25) is 14.7 Å². The first-order valence-electron chi connectivity index (χ1n) is 5.89. The first-order chi connectivity index (χ1) is 8.77. The average molecular weight is 252 g/mol. The van der Waals surface area contributed by atoms with Gasteiger partial charge in [-0.15, -0.1) is 0 Å². The fourth-order valence-electron chi connectivity index (χ4n) is 1.75. The Morgan fingerprint density at radius 2 is 2.28 bits per heavy atom. The molecule has 0 atom stereocenters. The summed E-state index contributed by atoms with van der Waals surface area (Å²) in [4.78, 5) is 28.9. The zero-order valence-electron chi connectivity index (χ0n) is 9.98. The largest absolute Gasteiger partial charge is 0.341 e. The second-order valence-electron chi connectivity index (χ2n) is 4.01. The van der Waals surface area contributed by atoms with Crippen LogP contribution < -0.4 is 10.6 Å². The molecule has 1 aliphatic rings.